The van der Waals surface area contributed by atoms with Gasteiger partial charge in [-0.05, 0) is 26.0 Å². The maximum absolute atomic E-state index is 13.9. The van der Waals surface area contributed by atoms with Crippen molar-refractivity contribution in [2.75, 3.05) is 6.61 Å². The van der Waals surface area contributed by atoms with Crippen molar-refractivity contribution >= 4 is 11.9 Å². The summed E-state index contributed by atoms with van der Waals surface area (Å²) in [6.07, 6.45) is -0.226. The van der Waals surface area contributed by atoms with E-state index in [1.165, 1.54) is 13.0 Å². The fraction of sp³-hybridized carbons (Fsp3) is 0.556. The van der Waals surface area contributed by atoms with Crippen LogP contribution in [0.4, 0.5) is 8.78 Å². The minimum Gasteiger partial charge on any atom is -0.479 e. The monoisotopic (exact) mass is 355 g/mol. The van der Waals surface area contributed by atoms with E-state index < -0.39 is 40.4 Å². The molecule has 1 saturated carbocycles. The predicted octanol–water partition coefficient (Wildman–Crippen LogP) is 2.84. The molecule has 138 valence electrons. The number of carboxylic acids is 1. The third kappa shape index (κ3) is 3.01. The van der Waals surface area contributed by atoms with E-state index in [-0.39, 0.29) is 18.1 Å². The van der Waals surface area contributed by atoms with Gasteiger partial charge in [-0.1, -0.05) is 19.9 Å². The first-order valence-corrected chi connectivity index (χ1v) is 8.19. The quantitative estimate of drug-likeness (QED) is 0.823. The van der Waals surface area contributed by atoms with E-state index in [2.05, 4.69) is 5.32 Å². The van der Waals surface area contributed by atoms with Crippen LogP contribution in [0.3, 0.4) is 0 Å². The molecule has 1 aromatic rings. The predicted molar refractivity (Wildman–Crippen MR) is 87.1 cm³/mol. The Morgan fingerprint density at radius 1 is 1.36 bits per heavy atom. The van der Waals surface area contributed by atoms with E-state index in [0.29, 0.717) is 6.61 Å². The van der Waals surface area contributed by atoms with Gasteiger partial charge in [0.25, 0.3) is 0 Å². The number of amides is 1. The molecule has 0 aliphatic heterocycles. The zero-order valence-corrected chi connectivity index (χ0v) is 14.7. The smallest absolute Gasteiger partial charge is 0.330 e. The van der Waals surface area contributed by atoms with E-state index in [4.69, 9.17) is 4.74 Å². The summed E-state index contributed by atoms with van der Waals surface area (Å²) in [5.41, 5.74) is -2.78. The lowest BCUT2D eigenvalue weighted by Crippen LogP contribution is -2.76. The summed E-state index contributed by atoms with van der Waals surface area (Å²) in [6.45, 7) is 6.96. The van der Waals surface area contributed by atoms with Gasteiger partial charge in [-0.25, -0.2) is 13.6 Å². The number of rotatable bonds is 6. The zero-order chi connectivity index (χ0) is 19.0. The van der Waals surface area contributed by atoms with Crippen LogP contribution in [-0.2, 0) is 14.3 Å². The lowest BCUT2D eigenvalue weighted by atomic mass is 9.54. The highest BCUT2D eigenvalue weighted by Crippen LogP contribution is 2.51. The lowest BCUT2D eigenvalue weighted by molar-refractivity contribution is -0.194. The van der Waals surface area contributed by atoms with Gasteiger partial charge >= 0.3 is 5.97 Å². The largest absolute Gasteiger partial charge is 0.479 e. The van der Waals surface area contributed by atoms with Crippen LogP contribution >= 0.6 is 0 Å². The van der Waals surface area contributed by atoms with Gasteiger partial charge < -0.3 is 15.2 Å². The highest BCUT2D eigenvalue weighted by molar-refractivity contribution is 5.92. The Morgan fingerprint density at radius 3 is 2.36 bits per heavy atom. The summed E-state index contributed by atoms with van der Waals surface area (Å²) in [5, 5.41) is 12.2. The second-order valence-electron chi connectivity index (χ2n) is 6.93. The molecule has 5 nitrogen and oxygen atoms in total. The molecule has 0 heterocycles. The molecule has 1 fully saturated rings. The molecular weight excluding hydrogens is 332 g/mol. The number of hydrogen-bond donors (Lipinski definition) is 2. The Bertz CT molecular complexity index is 671. The minimum atomic E-state index is -1.54. The molecule has 2 rings (SSSR count). The molecule has 0 saturated heterocycles. The normalized spacial score (nSPS) is 25.8. The molecular formula is C18H23F2NO4. The van der Waals surface area contributed by atoms with Crippen LogP contribution in [0.5, 0.6) is 0 Å². The van der Waals surface area contributed by atoms with Crippen molar-refractivity contribution in [1.82, 2.24) is 5.32 Å². The first-order valence-electron chi connectivity index (χ1n) is 8.19. The summed E-state index contributed by atoms with van der Waals surface area (Å²) >= 11 is 0. The number of nitrogens with one attached hydrogen (secondary N) is 1. The van der Waals surface area contributed by atoms with Gasteiger partial charge in [0.1, 0.15) is 17.2 Å². The second-order valence-corrected chi connectivity index (χ2v) is 6.93. The third-order valence-corrected chi connectivity index (χ3v) is 5.29. The van der Waals surface area contributed by atoms with Crippen LogP contribution < -0.4 is 5.32 Å². The molecule has 0 radical (unpaired) electrons. The molecule has 1 amide bonds. The van der Waals surface area contributed by atoms with Crippen LogP contribution in [0.2, 0.25) is 0 Å². The number of halogens is 2. The van der Waals surface area contributed by atoms with Gasteiger partial charge in [-0.2, -0.15) is 0 Å². The highest BCUT2D eigenvalue weighted by atomic mass is 19.1. The Balaban J connectivity index is 2.27. The number of ether oxygens (including phenoxy) is 1. The second kappa shape index (κ2) is 6.71. The van der Waals surface area contributed by atoms with Gasteiger partial charge in [0, 0.05) is 24.0 Å². The van der Waals surface area contributed by atoms with Gasteiger partial charge in [0.2, 0.25) is 5.91 Å². The van der Waals surface area contributed by atoms with Crippen LogP contribution in [0, 0.1) is 17.0 Å². The van der Waals surface area contributed by atoms with Crippen molar-refractivity contribution < 1.29 is 28.2 Å². The average molecular weight is 355 g/mol. The molecule has 0 bridgehead atoms. The topological polar surface area (TPSA) is 75.6 Å². The van der Waals surface area contributed by atoms with E-state index in [1.807, 2.05) is 0 Å². The van der Waals surface area contributed by atoms with Gasteiger partial charge in [-0.15, -0.1) is 0 Å². The Hall–Kier alpha value is -2.02. The fourth-order valence-electron chi connectivity index (χ4n) is 3.41. The fourth-order valence-corrected chi connectivity index (χ4v) is 3.41. The number of carboxylic acid groups (broad SMARTS) is 1. The molecule has 7 heteroatoms. The maximum Gasteiger partial charge on any atom is 0.330 e. The zero-order valence-electron chi connectivity index (χ0n) is 14.7. The number of hydrogen-bond acceptors (Lipinski definition) is 3. The number of aliphatic carboxylic acids is 1. The van der Waals surface area contributed by atoms with E-state index >= 15 is 0 Å². The van der Waals surface area contributed by atoms with Crippen molar-refractivity contribution in [3.05, 3.63) is 35.4 Å². The van der Waals surface area contributed by atoms with E-state index in [1.54, 1.807) is 20.8 Å². The Morgan fingerprint density at radius 2 is 1.92 bits per heavy atom. The molecule has 0 aromatic heterocycles. The van der Waals surface area contributed by atoms with E-state index in [0.717, 1.165) is 12.1 Å². The van der Waals surface area contributed by atoms with Crippen LogP contribution in [0.1, 0.15) is 45.6 Å². The number of carbonyl (C=O) groups is 2. The summed E-state index contributed by atoms with van der Waals surface area (Å²) in [5.74, 6) is -4.78. The SMILES string of the molecule is CCOC1CC(NC(=O)C(C)c2c(F)cccc2F)(C(=O)O)C1(C)C. The molecule has 1 aromatic carbocycles. The molecule has 2 N–H and O–H groups in total. The Labute approximate surface area is 145 Å². The molecule has 3 unspecified atom stereocenters. The van der Waals surface area contributed by atoms with Gasteiger partial charge in [0.05, 0.1) is 12.0 Å². The first kappa shape index (κ1) is 19.3. The van der Waals surface area contributed by atoms with Crippen molar-refractivity contribution in [2.45, 2.75) is 51.7 Å². The number of benzene rings is 1. The average Bonchev–Trinajstić information content (AvgIpc) is 2.52. The Kier molecular flexibility index (Phi) is 5.18. The highest BCUT2D eigenvalue weighted by Gasteiger charge is 2.66. The first-order chi connectivity index (χ1) is 11.6. The number of carbonyl (C=O) groups excluding carboxylic acids is 1. The molecule has 1 aliphatic carbocycles. The lowest BCUT2D eigenvalue weighted by Gasteiger charge is -2.58. The molecule has 1 aliphatic rings. The summed E-state index contributed by atoms with van der Waals surface area (Å²) < 4.78 is 33.3. The van der Waals surface area contributed by atoms with Gasteiger partial charge in [0.15, 0.2) is 0 Å². The van der Waals surface area contributed by atoms with Crippen molar-refractivity contribution in [3.8, 4) is 0 Å². The molecule has 3 atom stereocenters. The standard InChI is InChI=1S/C18H23F2NO4/c1-5-25-13-9-18(16(23)24,17(13,3)4)21-15(22)10(2)14-11(19)7-6-8-12(14)20/h6-8,10,13H,5,9H2,1-4H3,(H,21,22)(H,23,24). The van der Waals surface area contributed by atoms with Crippen molar-refractivity contribution in [3.63, 3.8) is 0 Å². The van der Waals surface area contributed by atoms with E-state index in [9.17, 15) is 23.5 Å². The summed E-state index contributed by atoms with van der Waals surface area (Å²) in [6, 6.07) is 3.33. The third-order valence-electron chi connectivity index (χ3n) is 5.29. The van der Waals surface area contributed by atoms with Crippen LogP contribution in [-0.4, -0.2) is 35.2 Å². The van der Waals surface area contributed by atoms with Crippen molar-refractivity contribution in [2.24, 2.45) is 5.41 Å². The van der Waals surface area contributed by atoms with Crippen LogP contribution in [0.25, 0.3) is 0 Å². The van der Waals surface area contributed by atoms with Gasteiger partial charge in [-0.3, -0.25) is 4.79 Å². The summed E-state index contributed by atoms with van der Waals surface area (Å²) in [4.78, 5) is 24.4. The maximum atomic E-state index is 13.9. The summed E-state index contributed by atoms with van der Waals surface area (Å²) in [7, 11) is 0. The minimum absolute atomic E-state index is 0.0986. The molecule has 0 spiro atoms. The molecule has 25 heavy (non-hydrogen) atoms. The van der Waals surface area contributed by atoms with Crippen LogP contribution in [0.15, 0.2) is 18.2 Å². The van der Waals surface area contributed by atoms with Crippen molar-refractivity contribution in [1.29, 1.82) is 0 Å².